The van der Waals surface area contributed by atoms with Crippen LogP contribution < -0.4 is 5.32 Å². The van der Waals surface area contributed by atoms with Crippen molar-refractivity contribution in [3.63, 3.8) is 0 Å². The van der Waals surface area contributed by atoms with E-state index in [-0.39, 0.29) is 12.5 Å². The molecule has 4 heteroatoms. The average Bonchev–Trinajstić information content (AvgIpc) is 3.01. The minimum atomic E-state index is -0.855. The molecule has 43 heavy (non-hydrogen) atoms. The van der Waals surface area contributed by atoms with Crippen LogP contribution in [0.5, 0.6) is 0 Å². The second kappa shape index (κ2) is 35.4. The summed E-state index contributed by atoms with van der Waals surface area (Å²) >= 11 is 0. The summed E-state index contributed by atoms with van der Waals surface area (Å²) in [4.78, 5) is 12.3. The number of allylic oxidation sites excluding steroid dienone is 3. The molecule has 0 saturated carbocycles. The summed E-state index contributed by atoms with van der Waals surface area (Å²) < 4.78 is 0. The van der Waals surface area contributed by atoms with Crippen molar-refractivity contribution in [3.8, 4) is 0 Å². The summed E-state index contributed by atoms with van der Waals surface area (Å²) in [5, 5.41) is 22.8. The minimum Gasteiger partial charge on any atom is -0.394 e. The molecule has 0 aliphatic rings. The van der Waals surface area contributed by atoms with E-state index in [0.717, 1.165) is 32.1 Å². The number of aliphatic hydroxyl groups excluding tert-OH is 2. The highest BCUT2D eigenvalue weighted by molar-refractivity contribution is 5.76. The highest BCUT2D eigenvalue weighted by atomic mass is 16.3. The van der Waals surface area contributed by atoms with Gasteiger partial charge in [0.15, 0.2) is 0 Å². The molecule has 3 N–H and O–H groups in total. The summed E-state index contributed by atoms with van der Waals surface area (Å²) in [6.07, 6.45) is 44.1. The smallest absolute Gasteiger partial charge is 0.220 e. The summed E-state index contributed by atoms with van der Waals surface area (Å²) in [7, 11) is 0. The Morgan fingerprint density at radius 1 is 0.535 bits per heavy atom. The van der Waals surface area contributed by atoms with E-state index in [9.17, 15) is 15.0 Å². The fourth-order valence-corrected chi connectivity index (χ4v) is 5.72. The van der Waals surface area contributed by atoms with Crippen LogP contribution in [0.4, 0.5) is 0 Å². The Morgan fingerprint density at radius 2 is 0.907 bits per heavy atom. The summed E-state index contributed by atoms with van der Waals surface area (Å²) in [5.41, 5.74) is 0. The van der Waals surface area contributed by atoms with Crippen molar-refractivity contribution >= 4 is 5.91 Å². The number of unbranched alkanes of at least 4 members (excludes halogenated alkanes) is 25. The SMILES string of the molecule is CCCCCCC/C=C/CC/C=C/[C@@H](O)[C@H](CO)NC(=O)CCCCCCCCCCCCCCCCCCCCCC. The number of nitrogens with one attached hydrogen (secondary N) is 1. The van der Waals surface area contributed by atoms with Gasteiger partial charge in [-0.25, -0.2) is 0 Å². The molecule has 0 fully saturated rings. The topological polar surface area (TPSA) is 69.6 Å². The third-order valence-electron chi connectivity index (χ3n) is 8.69. The molecule has 0 heterocycles. The van der Waals surface area contributed by atoms with Crippen LogP contribution in [0.3, 0.4) is 0 Å². The average molecular weight is 606 g/mol. The van der Waals surface area contributed by atoms with Crippen LogP contribution in [-0.4, -0.2) is 34.9 Å². The van der Waals surface area contributed by atoms with Gasteiger partial charge >= 0.3 is 0 Å². The summed E-state index contributed by atoms with van der Waals surface area (Å²) in [6, 6.07) is -0.632. The molecular weight excluding hydrogens is 530 g/mol. The fourth-order valence-electron chi connectivity index (χ4n) is 5.72. The largest absolute Gasteiger partial charge is 0.394 e. The van der Waals surface area contributed by atoms with E-state index in [2.05, 4.69) is 31.3 Å². The van der Waals surface area contributed by atoms with Crippen LogP contribution in [-0.2, 0) is 4.79 Å². The zero-order valence-corrected chi connectivity index (χ0v) is 29.0. The van der Waals surface area contributed by atoms with Crippen molar-refractivity contribution in [2.24, 2.45) is 0 Å². The maximum atomic E-state index is 12.3. The number of carbonyl (C=O) groups is 1. The highest BCUT2D eigenvalue weighted by Gasteiger charge is 2.17. The minimum absolute atomic E-state index is 0.0734. The van der Waals surface area contributed by atoms with Crippen molar-refractivity contribution in [2.45, 2.75) is 212 Å². The van der Waals surface area contributed by atoms with Gasteiger partial charge in [0.05, 0.1) is 18.8 Å². The number of rotatable bonds is 34. The van der Waals surface area contributed by atoms with Crippen molar-refractivity contribution in [2.75, 3.05) is 6.61 Å². The number of aliphatic hydroxyl groups is 2. The van der Waals surface area contributed by atoms with Gasteiger partial charge in [-0.1, -0.05) is 186 Å². The first-order valence-electron chi connectivity index (χ1n) is 19.1. The first kappa shape index (κ1) is 41.9. The number of amides is 1. The van der Waals surface area contributed by atoms with Gasteiger partial charge in [-0.15, -0.1) is 0 Å². The van der Waals surface area contributed by atoms with Crippen LogP contribution in [0.25, 0.3) is 0 Å². The Hall–Kier alpha value is -1.13. The van der Waals surface area contributed by atoms with E-state index in [1.807, 2.05) is 6.08 Å². The van der Waals surface area contributed by atoms with Crippen molar-refractivity contribution in [1.29, 1.82) is 0 Å². The lowest BCUT2D eigenvalue weighted by molar-refractivity contribution is -0.123. The van der Waals surface area contributed by atoms with Gasteiger partial charge in [0, 0.05) is 6.42 Å². The molecule has 0 aliphatic carbocycles. The predicted molar refractivity (Wildman–Crippen MR) is 189 cm³/mol. The quantitative estimate of drug-likeness (QED) is 0.0505. The van der Waals surface area contributed by atoms with Gasteiger partial charge < -0.3 is 15.5 Å². The second-order valence-electron chi connectivity index (χ2n) is 13.0. The fraction of sp³-hybridized carbons (Fsp3) is 0.872. The molecule has 4 nitrogen and oxygen atoms in total. The molecule has 0 radical (unpaired) electrons. The molecule has 0 aromatic carbocycles. The Morgan fingerprint density at radius 3 is 1.35 bits per heavy atom. The molecule has 0 aliphatic heterocycles. The normalized spacial score (nSPS) is 13.3. The monoisotopic (exact) mass is 606 g/mol. The van der Waals surface area contributed by atoms with E-state index in [0.29, 0.717) is 6.42 Å². The lowest BCUT2D eigenvalue weighted by atomic mass is 10.0. The first-order chi connectivity index (χ1) is 21.2. The highest BCUT2D eigenvalue weighted by Crippen LogP contribution is 2.15. The standard InChI is InChI=1S/C39H75NO3/c1-3-5-7-9-11-13-15-16-17-18-19-20-21-22-23-25-27-29-31-33-35-39(43)40-37(36-41)38(42)34-32-30-28-26-24-14-12-10-8-6-4-2/h24,26,32,34,37-38,41-42H,3-23,25,27-31,33,35-36H2,1-2H3,(H,40,43)/b26-24+,34-32+/t37-,38+/m0/s1. The van der Waals surface area contributed by atoms with Crippen LogP contribution >= 0.6 is 0 Å². The van der Waals surface area contributed by atoms with Gasteiger partial charge in [-0.2, -0.15) is 0 Å². The van der Waals surface area contributed by atoms with Crippen molar-refractivity contribution < 1.29 is 15.0 Å². The van der Waals surface area contributed by atoms with E-state index in [4.69, 9.17) is 0 Å². The molecule has 0 bridgehead atoms. The van der Waals surface area contributed by atoms with Crippen molar-refractivity contribution in [1.82, 2.24) is 5.32 Å². The molecule has 0 unspecified atom stereocenters. The van der Waals surface area contributed by atoms with Crippen LogP contribution in [0, 0.1) is 0 Å². The Kier molecular flexibility index (Phi) is 34.4. The number of carbonyl (C=O) groups excluding carboxylic acids is 1. The van der Waals surface area contributed by atoms with Crippen LogP contribution in [0.2, 0.25) is 0 Å². The van der Waals surface area contributed by atoms with Gasteiger partial charge in [-0.05, 0) is 32.1 Å². The van der Waals surface area contributed by atoms with Crippen LogP contribution in [0.1, 0.15) is 200 Å². The van der Waals surface area contributed by atoms with Gasteiger partial charge in [-0.3, -0.25) is 4.79 Å². The summed E-state index contributed by atoms with van der Waals surface area (Å²) in [6.45, 7) is 4.27. The Balaban J connectivity index is 3.56. The molecule has 0 aromatic rings. The number of hydrogen-bond donors (Lipinski definition) is 3. The zero-order valence-electron chi connectivity index (χ0n) is 29.0. The Labute approximate surface area is 269 Å². The van der Waals surface area contributed by atoms with E-state index < -0.39 is 12.1 Å². The molecule has 0 saturated heterocycles. The maximum Gasteiger partial charge on any atom is 0.220 e. The lowest BCUT2D eigenvalue weighted by Crippen LogP contribution is -2.45. The summed E-state index contributed by atoms with van der Waals surface area (Å²) in [5.74, 6) is -0.0734. The van der Waals surface area contributed by atoms with Gasteiger partial charge in [0.1, 0.15) is 0 Å². The van der Waals surface area contributed by atoms with E-state index in [1.165, 1.54) is 148 Å². The maximum absolute atomic E-state index is 12.3. The zero-order chi connectivity index (χ0) is 31.5. The number of hydrogen-bond acceptors (Lipinski definition) is 3. The molecule has 0 rings (SSSR count). The molecule has 2 atom stereocenters. The molecule has 1 amide bonds. The third kappa shape index (κ3) is 32.1. The van der Waals surface area contributed by atoms with Gasteiger partial charge in [0.2, 0.25) is 5.91 Å². The Bertz CT molecular complexity index is 618. The second-order valence-corrected chi connectivity index (χ2v) is 13.0. The van der Waals surface area contributed by atoms with Crippen LogP contribution in [0.15, 0.2) is 24.3 Å². The third-order valence-corrected chi connectivity index (χ3v) is 8.69. The van der Waals surface area contributed by atoms with E-state index >= 15 is 0 Å². The van der Waals surface area contributed by atoms with Crippen molar-refractivity contribution in [3.05, 3.63) is 24.3 Å². The van der Waals surface area contributed by atoms with E-state index in [1.54, 1.807) is 6.08 Å². The first-order valence-corrected chi connectivity index (χ1v) is 19.1. The lowest BCUT2D eigenvalue weighted by Gasteiger charge is -2.19. The molecule has 0 aromatic heterocycles. The molecular formula is C39H75NO3. The molecule has 254 valence electrons. The predicted octanol–water partition coefficient (Wildman–Crippen LogP) is 11.3. The van der Waals surface area contributed by atoms with Gasteiger partial charge in [0.25, 0.3) is 0 Å². The molecule has 0 spiro atoms.